The highest BCUT2D eigenvalue weighted by atomic mass is 19.4. The Morgan fingerprint density at radius 3 is 2.69 bits per heavy atom. The van der Waals surface area contributed by atoms with E-state index in [9.17, 15) is 13.2 Å². The Bertz CT molecular complexity index is 320. The van der Waals surface area contributed by atoms with Crippen LogP contribution in [0, 0.1) is 0 Å². The Balaban J connectivity index is 2.35. The quantitative estimate of drug-likeness (QED) is 0.735. The second kappa shape index (κ2) is 5.34. The molecule has 0 aliphatic rings. The van der Waals surface area contributed by atoms with Gasteiger partial charge in [0.25, 0.3) is 0 Å². The maximum atomic E-state index is 11.8. The first-order valence-corrected chi connectivity index (χ1v) is 5.05. The predicted octanol–water partition coefficient (Wildman–Crippen LogP) is 2.59. The van der Waals surface area contributed by atoms with Crippen molar-refractivity contribution in [2.75, 3.05) is 13.2 Å². The van der Waals surface area contributed by atoms with Gasteiger partial charge in [-0.05, 0) is 0 Å². The van der Waals surface area contributed by atoms with E-state index in [0.29, 0.717) is 6.54 Å². The van der Waals surface area contributed by atoms with Gasteiger partial charge in [-0.2, -0.15) is 13.2 Å². The van der Waals surface area contributed by atoms with Crippen molar-refractivity contribution in [3.63, 3.8) is 0 Å². The van der Waals surface area contributed by atoms with Crippen LogP contribution in [0.3, 0.4) is 0 Å². The summed E-state index contributed by atoms with van der Waals surface area (Å²) in [6, 6.07) is 0. The lowest BCUT2D eigenvalue weighted by Crippen LogP contribution is -2.19. The van der Waals surface area contributed by atoms with Crippen LogP contribution in [0.2, 0.25) is 0 Å². The van der Waals surface area contributed by atoms with E-state index in [1.54, 1.807) is 17.0 Å². The lowest BCUT2D eigenvalue weighted by molar-refractivity contribution is -0.174. The molecule has 1 heterocycles. The van der Waals surface area contributed by atoms with Gasteiger partial charge in [-0.25, -0.2) is 4.98 Å². The molecule has 0 aromatic carbocycles. The van der Waals surface area contributed by atoms with Crippen molar-refractivity contribution in [3.8, 4) is 0 Å². The maximum Gasteiger partial charge on any atom is 0.411 e. The number of imidazole rings is 1. The molecule has 0 aliphatic carbocycles. The van der Waals surface area contributed by atoms with Crippen LogP contribution in [0.1, 0.15) is 25.6 Å². The number of hydrogen-bond acceptors (Lipinski definition) is 2. The summed E-state index contributed by atoms with van der Waals surface area (Å²) in [4.78, 5) is 4.13. The molecule has 16 heavy (non-hydrogen) atoms. The van der Waals surface area contributed by atoms with Crippen LogP contribution in [0.15, 0.2) is 12.4 Å². The molecule has 1 rings (SSSR count). The van der Waals surface area contributed by atoms with Gasteiger partial charge in [0, 0.05) is 24.9 Å². The molecule has 0 fully saturated rings. The number of rotatable bonds is 5. The minimum Gasteiger partial charge on any atom is -0.370 e. The van der Waals surface area contributed by atoms with Gasteiger partial charge in [-0.3, -0.25) is 0 Å². The van der Waals surface area contributed by atoms with Gasteiger partial charge in [0.1, 0.15) is 12.4 Å². The number of hydrogen-bond donors (Lipinski definition) is 0. The van der Waals surface area contributed by atoms with Crippen molar-refractivity contribution < 1.29 is 17.9 Å². The topological polar surface area (TPSA) is 27.1 Å². The number of ether oxygens (including phenoxy) is 1. The van der Waals surface area contributed by atoms with Crippen molar-refractivity contribution in [2.24, 2.45) is 0 Å². The molecule has 6 heteroatoms. The molecule has 3 nitrogen and oxygen atoms in total. The van der Waals surface area contributed by atoms with Gasteiger partial charge in [-0.1, -0.05) is 13.8 Å². The first-order valence-electron chi connectivity index (χ1n) is 5.05. The Labute approximate surface area is 92.2 Å². The largest absolute Gasteiger partial charge is 0.411 e. The third-order valence-electron chi connectivity index (χ3n) is 2.01. The Morgan fingerprint density at radius 2 is 2.12 bits per heavy atom. The van der Waals surface area contributed by atoms with Crippen molar-refractivity contribution in [3.05, 3.63) is 18.2 Å². The number of nitrogens with zero attached hydrogens (tertiary/aromatic N) is 2. The molecule has 1 aromatic rings. The van der Waals surface area contributed by atoms with Crippen LogP contribution < -0.4 is 0 Å². The fraction of sp³-hybridized carbons (Fsp3) is 0.700. The van der Waals surface area contributed by atoms with Gasteiger partial charge in [0.05, 0.1) is 6.61 Å². The summed E-state index contributed by atoms with van der Waals surface area (Å²) in [5.74, 6) is 1.10. The molecule has 0 N–H and O–H groups in total. The zero-order chi connectivity index (χ0) is 12.2. The molecule has 0 radical (unpaired) electrons. The second-order valence-corrected chi connectivity index (χ2v) is 3.80. The molecule has 0 bridgehead atoms. The fourth-order valence-electron chi connectivity index (χ4n) is 1.36. The zero-order valence-corrected chi connectivity index (χ0v) is 9.29. The summed E-state index contributed by atoms with van der Waals surface area (Å²) in [7, 11) is 0. The SMILES string of the molecule is CC(C)c1nccn1CCOCC(F)(F)F. The Kier molecular flexibility index (Phi) is 4.35. The van der Waals surface area contributed by atoms with Crippen LogP contribution in [0.5, 0.6) is 0 Å². The van der Waals surface area contributed by atoms with Crippen LogP contribution in [0.4, 0.5) is 13.2 Å². The van der Waals surface area contributed by atoms with E-state index < -0.39 is 12.8 Å². The van der Waals surface area contributed by atoms with E-state index in [0.717, 1.165) is 5.82 Å². The van der Waals surface area contributed by atoms with E-state index in [-0.39, 0.29) is 12.5 Å². The molecule has 92 valence electrons. The highest BCUT2D eigenvalue weighted by Gasteiger charge is 2.27. The van der Waals surface area contributed by atoms with Gasteiger partial charge in [-0.15, -0.1) is 0 Å². The van der Waals surface area contributed by atoms with Crippen LogP contribution in [-0.4, -0.2) is 28.9 Å². The average molecular weight is 236 g/mol. The Hall–Kier alpha value is -1.04. The summed E-state index contributed by atoms with van der Waals surface area (Å²) in [6.07, 6.45) is -0.874. The van der Waals surface area contributed by atoms with Crippen molar-refractivity contribution in [2.45, 2.75) is 32.5 Å². The summed E-state index contributed by atoms with van der Waals surface area (Å²) in [5.41, 5.74) is 0. The highest BCUT2D eigenvalue weighted by Crippen LogP contribution is 2.15. The summed E-state index contributed by atoms with van der Waals surface area (Å²) < 4.78 is 41.7. The van der Waals surface area contributed by atoms with Crippen molar-refractivity contribution in [1.82, 2.24) is 9.55 Å². The van der Waals surface area contributed by atoms with E-state index in [2.05, 4.69) is 9.72 Å². The van der Waals surface area contributed by atoms with Gasteiger partial charge in [0.15, 0.2) is 0 Å². The maximum absolute atomic E-state index is 11.8. The predicted molar refractivity (Wildman–Crippen MR) is 53.2 cm³/mol. The monoisotopic (exact) mass is 236 g/mol. The first kappa shape index (κ1) is 13.0. The third kappa shape index (κ3) is 4.22. The molecular weight excluding hydrogens is 221 g/mol. The van der Waals surface area contributed by atoms with Crippen LogP contribution in [-0.2, 0) is 11.3 Å². The fourth-order valence-corrected chi connectivity index (χ4v) is 1.36. The van der Waals surface area contributed by atoms with Crippen LogP contribution in [0.25, 0.3) is 0 Å². The van der Waals surface area contributed by atoms with Crippen LogP contribution >= 0.6 is 0 Å². The van der Waals surface area contributed by atoms with Crippen molar-refractivity contribution in [1.29, 1.82) is 0 Å². The molecular formula is C10H15F3N2O. The summed E-state index contributed by atoms with van der Waals surface area (Å²) in [5, 5.41) is 0. The first-order chi connectivity index (χ1) is 7.40. The third-order valence-corrected chi connectivity index (χ3v) is 2.01. The van der Waals surface area contributed by atoms with Crippen molar-refractivity contribution >= 4 is 0 Å². The molecule has 0 saturated heterocycles. The number of halogens is 3. The molecule has 0 saturated carbocycles. The van der Waals surface area contributed by atoms with Gasteiger partial charge < -0.3 is 9.30 Å². The minimum absolute atomic E-state index is 0.0373. The molecule has 0 amide bonds. The molecule has 0 aliphatic heterocycles. The van der Waals surface area contributed by atoms with Gasteiger partial charge >= 0.3 is 6.18 Å². The lowest BCUT2D eigenvalue weighted by atomic mass is 10.2. The second-order valence-electron chi connectivity index (χ2n) is 3.80. The summed E-state index contributed by atoms with van der Waals surface area (Å²) >= 11 is 0. The number of alkyl halides is 3. The normalized spacial score (nSPS) is 12.4. The lowest BCUT2D eigenvalue weighted by Gasteiger charge is -2.11. The van der Waals surface area contributed by atoms with E-state index >= 15 is 0 Å². The van der Waals surface area contributed by atoms with E-state index in [1.807, 2.05) is 13.8 Å². The van der Waals surface area contributed by atoms with E-state index in [4.69, 9.17) is 0 Å². The highest BCUT2D eigenvalue weighted by molar-refractivity contribution is 4.97. The molecule has 0 spiro atoms. The molecule has 0 unspecified atom stereocenters. The Morgan fingerprint density at radius 1 is 1.44 bits per heavy atom. The van der Waals surface area contributed by atoms with Gasteiger partial charge in [0.2, 0.25) is 0 Å². The number of aromatic nitrogens is 2. The zero-order valence-electron chi connectivity index (χ0n) is 9.29. The smallest absolute Gasteiger partial charge is 0.370 e. The van der Waals surface area contributed by atoms with E-state index in [1.165, 1.54) is 0 Å². The average Bonchev–Trinajstić information content (AvgIpc) is 2.58. The molecule has 1 aromatic heterocycles. The minimum atomic E-state index is -4.25. The standard InChI is InChI=1S/C10H15F3N2O/c1-8(2)9-14-3-4-15(9)5-6-16-7-10(11,12)13/h3-4,8H,5-7H2,1-2H3. The molecule has 0 atom stereocenters. The summed E-state index contributed by atoms with van der Waals surface area (Å²) in [6.45, 7) is 3.20.